The molecule has 1 unspecified atom stereocenters. The Morgan fingerprint density at radius 1 is 1.31 bits per heavy atom. The van der Waals surface area contributed by atoms with Gasteiger partial charge in [0.05, 0.1) is 0 Å². The smallest absolute Gasteiger partial charge is 0.225 e. The standard InChI is InChI=1S/C10H12ClNO/c11-12-6-7-13-10(8-12)9-4-2-1-3-5-9/h1-5,10H,6-8H2/q+1. The molecular formula is C10H12ClNO+. The van der Waals surface area contributed by atoms with Crippen LogP contribution in [-0.4, -0.2) is 19.7 Å². The van der Waals surface area contributed by atoms with Crippen molar-refractivity contribution in [2.45, 2.75) is 6.10 Å². The van der Waals surface area contributed by atoms with E-state index in [1.807, 2.05) is 18.2 Å². The fourth-order valence-corrected chi connectivity index (χ4v) is 1.68. The van der Waals surface area contributed by atoms with E-state index in [2.05, 4.69) is 12.1 Å². The summed E-state index contributed by atoms with van der Waals surface area (Å²) in [6, 6.07) is 10.2. The van der Waals surface area contributed by atoms with Gasteiger partial charge in [-0.2, -0.15) is 0 Å². The van der Waals surface area contributed by atoms with Gasteiger partial charge in [-0.25, -0.2) is 0 Å². The second-order valence-corrected chi connectivity index (χ2v) is 3.62. The van der Waals surface area contributed by atoms with Crippen molar-refractivity contribution in [2.24, 2.45) is 0 Å². The predicted molar refractivity (Wildman–Crippen MR) is 52.9 cm³/mol. The SMILES string of the molecule is Cl[N+]1CCOC(c2ccccc2)C1. The highest BCUT2D eigenvalue weighted by atomic mass is 35.5. The minimum absolute atomic E-state index is 0.132. The lowest BCUT2D eigenvalue weighted by Gasteiger charge is -2.20. The molecule has 1 radical (unpaired) electrons. The van der Waals surface area contributed by atoms with Gasteiger partial charge in [0.25, 0.3) is 0 Å². The number of rotatable bonds is 1. The Morgan fingerprint density at radius 2 is 2.08 bits per heavy atom. The normalized spacial score (nSPS) is 24.5. The summed E-state index contributed by atoms with van der Waals surface area (Å²) in [6.07, 6.45) is 0.132. The number of hydrogen-bond donors (Lipinski definition) is 0. The summed E-state index contributed by atoms with van der Waals surface area (Å²) >= 11 is 5.91. The number of morpholine rings is 1. The molecule has 1 aliphatic heterocycles. The van der Waals surface area contributed by atoms with Gasteiger partial charge < -0.3 is 4.74 Å². The molecule has 1 aromatic carbocycles. The first-order chi connectivity index (χ1) is 6.36. The highest BCUT2D eigenvalue weighted by Gasteiger charge is 2.27. The molecule has 0 aromatic heterocycles. The molecule has 2 nitrogen and oxygen atoms in total. The van der Waals surface area contributed by atoms with Gasteiger partial charge in [-0.3, -0.25) is 0 Å². The van der Waals surface area contributed by atoms with Crippen LogP contribution in [-0.2, 0) is 4.74 Å². The summed E-state index contributed by atoms with van der Waals surface area (Å²) in [4.78, 5) is 0. The quantitative estimate of drug-likeness (QED) is 0.629. The lowest BCUT2D eigenvalue weighted by atomic mass is 10.1. The highest BCUT2D eigenvalue weighted by Crippen LogP contribution is 2.21. The molecule has 0 aliphatic carbocycles. The van der Waals surface area contributed by atoms with Crippen molar-refractivity contribution in [3.8, 4) is 0 Å². The minimum atomic E-state index is 0.132. The second kappa shape index (κ2) is 4.09. The van der Waals surface area contributed by atoms with Crippen LogP contribution in [0.2, 0.25) is 0 Å². The van der Waals surface area contributed by atoms with E-state index in [1.54, 1.807) is 4.42 Å². The Morgan fingerprint density at radius 3 is 2.77 bits per heavy atom. The average molecular weight is 198 g/mol. The molecule has 0 saturated carbocycles. The van der Waals surface area contributed by atoms with Gasteiger partial charge in [-0.1, -0.05) is 34.8 Å². The maximum Gasteiger partial charge on any atom is 0.225 e. The third-order valence-electron chi connectivity index (χ3n) is 2.19. The van der Waals surface area contributed by atoms with Gasteiger partial charge in [-0.15, -0.1) is 0 Å². The van der Waals surface area contributed by atoms with E-state index in [0.717, 1.165) is 13.1 Å². The summed E-state index contributed by atoms with van der Waals surface area (Å²) < 4.78 is 7.39. The van der Waals surface area contributed by atoms with Gasteiger partial charge in [0.15, 0.2) is 13.1 Å². The Labute approximate surface area is 83.2 Å². The average Bonchev–Trinajstić information content (AvgIpc) is 2.19. The molecule has 13 heavy (non-hydrogen) atoms. The van der Waals surface area contributed by atoms with Crippen LogP contribution >= 0.6 is 11.8 Å². The highest BCUT2D eigenvalue weighted by molar-refractivity contribution is 6.15. The molecule has 1 fully saturated rings. The fraction of sp³-hybridized carbons (Fsp3) is 0.400. The Kier molecular flexibility index (Phi) is 2.83. The number of hydrogen-bond acceptors (Lipinski definition) is 2. The Balaban J connectivity index is 2.08. The van der Waals surface area contributed by atoms with Crippen LogP contribution in [0.5, 0.6) is 0 Å². The zero-order chi connectivity index (χ0) is 9.10. The molecule has 1 aromatic rings. The summed E-state index contributed by atoms with van der Waals surface area (Å²) in [5.74, 6) is 0. The second-order valence-electron chi connectivity index (χ2n) is 3.14. The molecule has 2 rings (SSSR count). The number of nitrogens with zero attached hydrogens (tertiary/aromatic N) is 1. The van der Waals surface area contributed by atoms with Crippen LogP contribution in [0.4, 0.5) is 0 Å². The molecule has 1 aliphatic rings. The molecule has 1 saturated heterocycles. The van der Waals surface area contributed by atoms with Crippen LogP contribution in [0.1, 0.15) is 11.7 Å². The molecule has 0 spiro atoms. The van der Waals surface area contributed by atoms with Crippen molar-refractivity contribution in [2.75, 3.05) is 19.7 Å². The van der Waals surface area contributed by atoms with Gasteiger partial charge >= 0.3 is 0 Å². The van der Waals surface area contributed by atoms with Crippen LogP contribution in [0, 0.1) is 0 Å². The number of benzene rings is 1. The topological polar surface area (TPSA) is 15.1 Å². The summed E-state index contributed by atoms with van der Waals surface area (Å²) in [7, 11) is 0. The lowest BCUT2D eigenvalue weighted by Crippen LogP contribution is -2.35. The zero-order valence-electron chi connectivity index (χ0n) is 7.32. The first-order valence-electron chi connectivity index (χ1n) is 4.43. The number of ether oxygens (including phenoxy) is 1. The molecule has 3 heteroatoms. The molecule has 1 heterocycles. The first kappa shape index (κ1) is 9.00. The van der Waals surface area contributed by atoms with Crippen molar-refractivity contribution in [1.82, 2.24) is 4.42 Å². The van der Waals surface area contributed by atoms with Gasteiger partial charge in [0.1, 0.15) is 12.7 Å². The molecule has 0 bridgehead atoms. The molecule has 1 atom stereocenters. The van der Waals surface area contributed by atoms with Crippen LogP contribution in [0.25, 0.3) is 0 Å². The summed E-state index contributed by atoms with van der Waals surface area (Å²) in [5.41, 5.74) is 1.20. The minimum Gasteiger partial charge on any atom is -0.361 e. The van der Waals surface area contributed by atoms with Crippen molar-refractivity contribution in [3.63, 3.8) is 0 Å². The van der Waals surface area contributed by atoms with Crippen LogP contribution in [0.3, 0.4) is 0 Å². The van der Waals surface area contributed by atoms with E-state index in [4.69, 9.17) is 16.5 Å². The monoisotopic (exact) mass is 197 g/mol. The van der Waals surface area contributed by atoms with Gasteiger partial charge in [0, 0.05) is 0 Å². The maximum absolute atomic E-state index is 5.91. The van der Waals surface area contributed by atoms with Gasteiger partial charge in [-0.05, 0) is 5.56 Å². The molecule has 69 valence electrons. The van der Waals surface area contributed by atoms with E-state index in [-0.39, 0.29) is 6.10 Å². The maximum atomic E-state index is 5.91. The first-order valence-corrected chi connectivity index (χ1v) is 4.77. The van der Waals surface area contributed by atoms with E-state index < -0.39 is 0 Å². The third kappa shape index (κ3) is 2.21. The van der Waals surface area contributed by atoms with Crippen LogP contribution in [0.15, 0.2) is 30.3 Å². The van der Waals surface area contributed by atoms with Gasteiger partial charge in [0.2, 0.25) is 11.8 Å². The van der Waals surface area contributed by atoms with E-state index >= 15 is 0 Å². The number of halogens is 1. The Bertz CT molecular complexity index is 265. The Hall–Kier alpha value is -0.570. The van der Waals surface area contributed by atoms with Crippen molar-refractivity contribution in [3.05, 3.63) is 35.9 Å². The van der Waals surface area contributed by atoms with Crippen molar-refractivity contribution < 1.29 is 4.74 Å². The van der Waals surface area contributed by atoms with Crippen LogP contribution < -0.4 is 4.42 Å². The largest absolute Gasteiger partial charge is 0.361 e. The van der Waals surface area contributed by atoms with E-state index in [1.165, 1.54) is 5.56 Å². The zero-order valence-corrected chi connectivity index (χ0v) is 8.07. The molecule has 0 amide bonds. The van der Waals surface area contributed by atoms with E-state index in [0.29, 0.717) is 6.61 Å². The van der Waals surface area contributed by atoms with Crippen molar-refractivity contribution >= 4 is 11.8 Å². The predicted octanol–water partition coefficient (Wildman–Crippen LogP) is 2.05. The summed E-state index contributed by atoms with van der Waals surface area (Å²) in [6.45, 7) is 2.29. The summed E-state index contributed by atoms with van der Waals surface area (Å²) in [5, 5.41) is 0. The fourth-order valence-electron chi connectivity index (χ4n) is 1.49. The third-order valence-corrected chi connectivity index (χ3v) is 2.50. The lowest BCUT2D eigenvalue weighted by molar-refractivity contribution is 0.0179. The van der Waals surface area contributed by atoms with E-state index in [9.17, 15) is 0 Å². The van der Waals surface area contributed by atoms with Crippen molar-refractivity contribution in [1.29, 1.82) is 0 Å². The molecular weight excluding hydrogens is 186 g/mol. The molecule has 0 N–H and O–H groups in total.